The average Bonchev–Trinajstić information content (AvgIpc) is 2.16. The number of thioether (sulfide) groups is 1. The predicted molar refractivity (Wildman–Crippen MR) is 62.8 cm³/mol. The normalized spacial score (nSPS) is 12.8. The van der Waals surface area contributed by atoms with Crippen LogP contribution >= 0.6 is 23.4 Å². The van der Waals surface area contributed by atoms with Crippen molar-refractivity contribution in [2.75, 3.05) is 18.1 Å². The fourth-order valence-corrected chi connectivity index (χ4v) is 2.08. The molecule has 3 N–H and O–H groups in total. The first-order chi connectivity index (χ1) is 6.63. The third-order valence-corrected chi connectivity index (χ3v) is 3.46. The van der Waals surface area contributed by atoms with Crippen molar-refractivity contribution in [1.29, 1.82) is 0 Å². The molecule has 0 fully saturated rings. The highest BCUT2D eigenvalue weighted by molar-refractivity contribution is 7.99. The van der Waals surface area contributed by atoms with Gasteiger partial charge in [0.25, 0.3) is 0 Å². The standard InChI is InChI=1S/C10H14ClNOS/c1-7(5-13)6-14-10-3-2-8(11)4-9(10)12/h2-4,7,13H,5-6,12H2,1H3. The second-order valence-electron chi connectivity index (χ2n) is 3.28. The molecule has 1 aromatic carbocycles. The van der Waals surface area contributed by atoms with E-state index in [-0.39, 0.29) is 12.5 Å². The van der Waals surface area contributed by atoms with E-state index in [0.29, 0.717) is 10.7 Å². The molecular weight excluding hydrogens is 218 g/mol. The van der Waals surface area contributed by atoms with Crippen LogP contribution in [0.2, 0.25) is 5.02 Å². The second kappa shape index (κ2) is 5.49. The molecule has 0 aliphatic rings. The topological polar surface area (TPSA) is 46.2 Å². The summed E-state index contributed by atoms with van der Waals surface area (Å²) in [7, 11) is 0. The predicted octanol–water partition coefficient (Wildman–Crippen LogP) is 2.64. The monoisotopic (exact) mass is 231 g/mol. The maximum atomic E-state index is 8.86. The highest BCUT2D eigenvalue weighted by Crippen LogP contribution is 2.28. The Morgan fingerprint density at radius 1 is 1.57 bits per heavy atom. The van der Waals surface area contributed by atoms with Gasteiger partial charge >= 0.3 is 0 Å². The zero-order valence-electron chi connectivity index (χ0n) is 8.03. The second-order valence-corrected chi connectivity index (χ2v) is 4.78. The third kappa shape index (κ3) is 3.40. The molecule has 0 heterocycles. The molecule has 2 nitrogen and oxygen atoms in total. The molecule has 1 rings (SSSR count). The van der Waals surface area contributed by atoms with Gasteiger partial charge in [0.1, 0.15) is 0 Å². The zero-order valence-corrected chi connectivity index (χ0v) is 9.61. The van der Waals surface area contributed by atoms with Crippen LogP contribution in [0.5, 0.6) is 0 Å². The molecular formula is C10H14ClNOS. The molecule has 0 aromatic heterocycles. The van der Waals surface area contributed by atoms with Crippen molar-refractivity contribution >= 4 is 29.1 Å². The van der Waals surface area contributed by atoms with E-state index in [9.17, 15) is 0 Å². The largest absolute Gasteiger partial charge is 0.398 e. The van der Waals surface area contributed by atoms with Crippen molar-refractivity contribution in [2.45, 2.75) is 11.8 Å². The number of nitrogens with two attached hydrogens (primary N) is 1. The van der Waals surface area contributed by atoms with E-state index >= 15 is 0 Å². The third-order valence-electron chi connectivity index (χ3n) is 1.81. The Hall–Kier alpha value is -0.380. The van der Waals surface area contributed by atoms with Crippen LogP contribution in [0.4, 0.5) is 5.69 Å². The molecule has 0 bridgehead atoms. The summed E-state index contributed by atoms with van der Waals surface area (Å²) < 4.78 is 0. The van der Waals surface area contributed by atoms with Gasteiger partial charge < -0.3 is 10.8 Å². The first kappa shape index (κ1) is 11.7. The lowest BCUT2D eigenvalue weighted by molar-refractivity contribution is 0.250. The fourth-order valence-electron chi connectivity index (χ4n) is 0.936. The number of anilines is 1. The summed E-state index contributed by atoms with van der Waals surface area (Å²) >= 11 is 7.42. The van der Waals surface area contributed by atoms with Crippen LogP contribution < -0.4 is 5.73 Å². The summed E-state index contributed by atoms with van der Waals surface area (Å²) in [5.41, 5.74) is 6.48. The number of hydrogen-bond acceptors (Lipinski definition) is 3. The molecule has 0 saturated carbocycles. The van der Waals surface area contributed by atoms with Crippen molar-refractivity contribution < 1.29 is 5.11 Å². The van der Waals surface area contributed by atoms with E-state index in [1.165, 1.54) is 0 Å². The number of aliphatic hydroxyl groups is 1. The Labute approximate surface area is 93.5 Å². The van der Waals surface area contributed by atoms with Crippen LogP contribution in [0, 0.1) is 5.92 Å². The van der Waals surface area contributed by atoms with E-state index < -0.39 is 0 Å². The van der Waals surface area contributed by atoms with Gasteiger partial charge in [-0.25, -0.2) is 0 Å². The number of nitrogen functional groups attached to an aromatic ring is 1. The van der Waals surface area contributed by atoms with Crippen LogP contribution in [0.25, 0.3) is 0 Å². The number of halogens is 1. The fraction of sp³-hybridized carbons (Fsp3) is 0.400. The minimum atomic E-state index is 0.209. The van der Waals surface area contributed by atoms with Crippen LogP contribution in [-0.2, 0) is 0 Å². The molecule has 4 heteroatoms. The minimum Gasteiger partial charge on any atom is -0.398 e. The molecule has 0 radical (unpaired) electrons. The number of hydrogen-bond donors (Lipinski definition) is 2. The van der Waals surface area contributed by atoms with Gasteiger partial charge in [0.2, 0.25) is 0 Å². The van der Waals surface area contributed by atoms with Crippen LogP contribution in [-0.4, -0.2) is 17.5 Å². The van der Waals surface area contributed by atoms with Crippen molar-refractivity contribution in [2.24, 2.45) is 5.92 Å². The van der Waals surface area contributed by atoms with Gasteiger partial charge in [-0.15, -0.1) is 11.8 Å². The van der Waals surface area contributed by atoms with E-state index in [0.717, 1.165) is 10.6 Å². The van der Waals surface area contributed by atoms with Gasteiger partial charge in [-0.05, 0) is 24.1 Å². The lowest BCUT2D eigenvalue weighted by Crippen LogP contribution is -2.03. The van der Waals surface area contributed by atoms with Crippen molar-refractivity contribution in [1.82, 2.24) is 0 Å². The van der Waals surface area contributed by atoms with Crippen molar-refractivity contribution in [3.05, 3.63) is 23.2 Å². The van der Waals surface area contributed by atoms with E-state index in [4.69, 9.17) is 22.4 Å². The molecule has 1 aromatic rings. The Kier molecular flexibility index (Phi) is 4.58. The van der Waals surface area contributed by atoms with E-state index in [2.05, 4.69) is 0 Å². The van der Waals surface area contributed by atoms with E-state index in [1.54, 1.807) is 17.8 Å². The lowest BCUT2D eigenvalue weighted by atomic mass is 10.2. The average molecular weight is 232 g/mol. The molecule has 78 valence electrons. The van der Waals surface area contributed by atoms with Crippen molar-refractivity contribution in [3.63, 3.8) is 0 Å². The summed E-state index contributed by atoms with van der Waals surface area (Å²) in [5, 5.41) is 9.52. The Morgan fingerprint density at radius 3 is 2.86 bits per heavy atom. The molecule has 0 spiro atoms. The first-order valence-electron chi connectivity index (χ1n) is 4.42. The molecule has 0 amide bonds. The summed E-state index contributed by atoms with van der Waals surface area (Å²) in [5.74, 6) is 1.15. The Bertz CT molecular complexity index is 306. The Balaban J connectivity index is 2.59. The molecule has 1 unspecified atom stereocenters. The van der Waals surface area contributed by atoms with Gasteiger partial charge in [0.05, 0.1) is 0 Å². The maximum Gasteiger partial charge on any atom is 0.0467 e. The number of rotatable bonds is 4. The Morgan fingerprint density at radius 2 is 2.29 bits per heavy atom. The minimum absolute atomic E-state index is 0.209. The number of aliphatic hydroxyl groups excluding tert-OH is 1. The number of benzene rings is 1. The zero-order chi connectivity index (χ0) is 10.6. The quantitative estimate of drug-likeness (QED) is 0.619. The molecule has 1 atom stereocenters. The maximum absolute atomic E-state index is 8.86. The van der Waals surface area contributed by atoms with Gasteiger partial charge in [-0.3, -0.25) is 0 Å². The molecule has 0 aliphatic carbocycles. The van der Waals surface area contributed by atoms with E-state index in [1.807, 2.05) is 19.1 Å². The SMILES string of the molecule is CC(CO)CSc1ccc(Cl)cc1N. The van der Waals surface area contributed by atoms with Gasteiger partial charge in [0.15, 0.2) is 0 Å². The van der Waals surface area contributed by atoms with Crippen LogP contribution in [0.1, 0.15) is 6.92 Å². The van der Waals surface area contributed by atoms with Gasteiger partial charge in [-0.1, -0.05) is 18.5 Å². The summed E-state index contributed by atoms with van der Waals surface area (Å²) in [4.78, 5) is 1.02. The summed E-state index contributed by atoms with van der Waals surface area (Å²) in [6.45, 7) is 2.21. The molecule has 0 aliphatic heterocycles. The first-order valence-corrected chi connectivity index (χ1v) is 5.78. The van der Waals surface area contributed by atoms with Gasteiger partial charge in [-0.2, -0.15) is 0 Å². The summed E-state index contributed by atoms with van der Waals surface area (Å²) in [6.07, 6.45) is 0. The molecule has 14 heavy (non-hydrogen) atoms. The van der Waals surface area contributed by atoms with Gasteiger partial charge in [0, 0.05) is 28.0 Å². The smallest absolute Gasteiger partial charge is 0.0467 e. The van der Waals surface area contributed by atoms with Crippen LogP contribution in [0.15, 0.2) is 23.1 Å². The lowest BCUT2D eigenvalue weighted by Gasteiger charge is -2.09. The van der Waals surface area contributed by atoms with Crippen LogP contribution in [0.3, 0.4) is 0 Å². The summed E-state index contributed by atoms with van der Waals surface area (Å²) in [6, 6.07) is 5.48. The molecule has 0 saturated heterocycles. The van der Waals surface area contributed by atoms with Crippen molar-refractivity contribution in [3.8, 4) is 0 Å². The highest BCUT2D eigenvalue weighted by Gasteiger charge is 2.04. The highest BCUT2D eigenvalue weighted by atomic mass is 35.5.